The number of rotatable bonds is 5. The first-order chi connectivity index (χ1) is 10.1. The molecule has 1 atom stereocenters. The molecule has 1 saturated heterocycles. The molecule has 114 valence electrons. The van der Waals surface area contributed by atoms with Gasteiger partial charge in [0.25, 0.3) is 0 Å². The number of carboxylic acids is 1. The zero-order chi connectivity index (χ0) is 15.1. The lowest BCUT2D eigenvalue weighted by molar-refractivity contribution is 0.0697. The number of amides is 2. The van der Waals surface area contributed by atoms with Crippen molar-refractivity contribution in [1.82, 2.24) is 10.6 Å². The van der Waals surface area contributed by atoms with Crippen molar-refractivity contribution in [2.75, 3.05) is 18.1 Å². The number of hydrogen-bond acceptors (Lipinski definition) is 3. The topological polar surface area (TPSA) is 78.4 Å². The summed E-state index contributed by atoms with van der Waals surface area (Å²) in [6.07, 6.45) is 2.90. The largest absolute Gasteiger partial charge is 0.478 e. The van der Waals surface area contributed by atoms with E-state index in [0.29, 0.717) is 13.0 Å². The van der Waals surface area contributed by atoms with E-state index in [1.54, 1.807) is 24.3 Å². The Morgan fingerprint density at radius 1 is 1.29 bits per heavy atom. The summed E-state index contributed by atoms with van der Waals surface area (Å²) in [5, 5.41) is 14.6. The van der Waals surface area contributed by atoms with Gasteiger partial charge in [0.05, 0.1) is 5.56 Å². The van der Waals surface area contributed by atoms with E-state index in [0.717, 1.165) is 24.2 Å². The minimum atomic E-state index is -0.926. The van der Waals surface area contributed by atoms with Gasteiger partial charge in [-0.3, -0.25) is 0 Å². The predicted molar refractivity (Wildman–Crippen MR) is 84.0 cm³/mol. The maximum absolute atomic E-state index is 11.7. The molecular formula is C15H20N2O3S. The number of carbonyl (C=O) groups is 2. The summed E-state index contributed by atoms with van der Waals surface area (Å²) < 4.78 is 0. The van der Waals surface area contributed by atoms with Crippen LogP contribution in [0.4, 0.5) is 4.79 Å². The Labute approximate surface area is 128 Å². The second-order valence-corrected chi connectivity index (χ2v) is 6.22. The third-order valence-electron chi connectivity index (χ3n) is 3.40. The quantitative estimate of drug-likeness (QED) is 0.778. The van der Waals surface area contributed by atoms with E-state index in [-0.39, 0.29) is 17.6 Å². The van der Waals surface area contributed by atoms with Crippen LogP contribution in [0.15, 0.2) is 24.3 Å². The van der Waals surface area contributed by atoms with Gasteiger partial charge in [0.1, 0.15) is 0 Å². The van der Waals surface area contributed by atoms with Gasteiger partial charge in [0.2, 0.25) is 0 Å². The smallest absolute Gasteiger partial charge is 0.335 e. The second kappa shape index (κ2) is 7.93. The highest BCUT2D eigenvalue weighted by Crippen LogP contribution is 2.16. The van der Waals surface area contributed by atoms with Crippen molar-refractivity contribution in [3.05, 3.63) is 35.4 Å². The predicted octanol–water partition coefficient (Wildman–Crippen LogP) is 2.12. The number of thioether (sulfide) groups is 1. The summed E-state index contributed by atoms with van der Waals surface area (Å²) in [5.41, 5.74) is 1.28. The van der Waals surface area contributed by atoms with Crippen LogP contribution in [0.1, 0.15) is 28.8 Å². The molecule has 21 heavy (non-hydrogen) atoms. The molecular weight excluding hydrogens is 288 g/mol. The van der Waals surface area contributed by atoms with Crippen molar-refractivity contribution in [2.45, 2.75) is 25.3 Å². The van der Waals surface area contributed by atoms with Crippen LogP contribution in [0.25, 0.3) is 0 Å². The summed E-state index contributed by atoms with van der Waals surface area (Å²) in [5.74, 6) is 1.25. The fourth-order valence-corrected chi connectivity index (χ4v) is 3.30. The number of aromatic carboxylic acids is 1. The first-order valence-corrected chi connectivity index (χ1v) is 8.25. The first kappa shape index (κ1) is 15.7. The van der Waals surface area contributed by atoms with Crippen LogP contribution in [0.5, 0.6) is 0 Å². The molecule has 1 aliphatic heterocycles. The lowest BCUT2D eigenvalue weighted by Crippen LogP contribution is -2.44. The van der Waals surface area contributed by atoms with Crippen LogP contribution < -0.4 is 10.6 Å². The Bertz CT molecular complexity index is 484. The average molecular weight is 308 g/mol. The Morgan fingerprint density at radius 2 is 2.05 bits per heavy atom. The zero-order valence-electron chi connectivity index (χ0n) is 11.8. The Hall–Kier alpha value is -1.69. The van der Waals surface area contributed by atoms with E-state index in [4.69, 9.17) is 5.11 Å². The molecule has 0 aliphatic carbocycles. The number of carboxylic acid groups (broad SMARTS) is 1. The fourth-order valence-electron chi connectivity index (χ4n) is 2.23. The summed E-state index contributed by atoms with van der Waals surface area (Å²) in [6.45, 7) is 0.540. The van der Waals surface area contributed by atoms with Crippen molar-refractivity contribution < 1.29 is 14.7 Å². The molecule has 1 aromatic rings. The molecule has 0 saturated carbocycles. The van der Waals surface area contributed by atoms with Crippen LogP contribution in [0.2, 0.25) is 0 Å². The van der Waals surface area contributed by atoms with Gasteiger partial charge in [-0.2, -0.15) is 11.8 Å². The molecule has 0 spiro atoms. The van der Waals surface area contributed by atoms with E-state index < -0.39 is 5.97 Å². The monoisotopic (exact) mass is 308 g/mol. The van der Waals surface area contributed by atoms with Crippen molar-refractivity contribution >= 4 is 23.8 Å². The Kier molecular flexibility index (Phi) is 5.92. The summed E-state index contributed by atoms with van der Waals surface area (Å²) >= 11 is 1.88. The van der Waals surface area contributed by atoms with Gasteiger partial charge in [-0.1, -0.05) is 12.1 Å². The van der Waals surface area contributed by atoms with E-state index in [1.165, 1.54) is 5.75 Å². The van der Waals surface area contributed by atoms with E-state index in [9.17, 15) is 9.59 Å². The molecule has 3 N–H and O–H groups in total. The molecule has 0 bridgehead atoms. The molecule has 5 nitrogen and oxygen atoms in total. The van der Waals surface area contributed by atoms with E-state index >= 15 is 0 Å². The van der Waals surface area contributed by atoms with Crippen LogP contribution >= 0.6 is 11.8 Å². The molecule has 1 fully saturated rings. The van der Waals surface area contributed by atoms with Crippen LogP contribution in [0.3, 0.4) is 0 Å². The number of hydrogen-bond donors (Lipinski definition) is 3. The lowest BCUT2D eigenvalue weighted by atomic mass is 10.1. The van der Waals surface area contributed by atoms with Gasteiger partial charge in [-0.05, 0) is 42.7 Å². The molecule has 0 aromatic heterocycles. The Morgan fingerprint density at radius 3 is 2.67 bits per heavy atom. The molecule has 1 aliphatic rings. The van der Waals surface area contributed by atoms with Gasteiger partial charge in [0.15, 0.2) is 0 Å². The molecule has 6 heteroatoms. The normalized spacial score (nSPS) is 18.0. The number of carbonyl (C=O) groups excluding carboxylic acids is 1. The standard InChI is InChI=1S/C15H20N2O3S/c18-14(19)12-5-3-11(4-6-12)7-8-16-15(20)17-13-2-1-9-21-10-13/h3-6,13H,1-2,7-10H2,(H,18,19)(H2,16,17,20). The maximum Gasteiger partial charge on any atom is 0.335 e. The zero-order valence-corrected chi connectivity index (χ0v) is 12.6. The minimum absolute atomic E-state index is 0.121. The van der Waals surface area contributed by atoms with Crippen LogP contribution in [-0.4, -0.2) is 41.2 Å². The summed E-state index contributed by atoms with van der Waals surface area (Å²) in [6, 6.07) is 6.87. The van der Waals surface area contributed by atoms with Crippen molar-refractivity contribution in [3.63, 3.8) is 0 Å². The number of urea groups is 1. The van der Waals surface area contributed by atoms with E-state index in [2.05, 4.69) is 10.6 Å². The van der Waals surface area contributed by atoms with Crippen molar-refractivity contribution in [2.24, 2.45) is 0 Å². The third-order valence-corrected chi connectivity index (χ3v) is 4.61. The minimum Gasteiger partial charge on any atom is -0.478 e. The van der Waals surface area contributed by atoms with Gasteiger partial charge in [-0.15, -0.1) is 0 Å². The molecule has 1 unspecified atom stereocenters. The van der Waals surface area contributed by atoms with Gasteiger partial charge in [-0.25, -0.2) is 9.59 Å². The maximum atomic E-state index is 11.7. The summed E-state index contributed by atoms with van der Waals surface area (Å²) in [7, 11) is 0. The van der Waals surface area contributed by atoms with Crippen LogP contribution in [0, 0.1) is 0 Å². The second-order valence-electron chi connectivity index (χ2n) is 5.07. The third kappa shape index (κ3) is 5.30. The highest BCUT2D eigenvalue weighted by molar-refractivity contribution is 7.99. The van der Waals surface area contributed by atoms with Crippen molar-refractivity contribution in [3.8, 4) is 0 Å². The lowest BCUT2D eigenvalue weighted by Gasteiger charge is -2.22. The molecule has 2 rings (SSSR count). The highest BCUT2D eigenvalue weighted by atomic mass is 32.2. The first-order valence-electron chi connectivity index (χ1n) is 7.09. The molecule has 0 radical (unpaired) electrons. The van der Waals surface area contributed by atoms with Gasteiger partial charge < -0.3 is 15.7 Å². The fraction of sp³-hybridized carbons (Fsp3) is 0.467. The summed E-state index contributed by atoms with van der Waals surface area (Å²) in [4.78, 5) is 22.5. The molecule has 1 heterocycles. The molecule has 1 aromatic carbocycles. The van der Waals surface area contributed by atoms with Crippen molar-refractivity contribution in [1.29, 1.82) is 0 Å². The van der Waals surface area contributed by atoms with Gasteiger partial charge >= 0.3 is 12.0 Å². The number of nitrogens with one attached hydrogen (secondary N) is 2. The highest BCUT2D eigenvalue weighted by Gasteiger charge is 2.15. The average Bonchev–Trinajstić information content (AvgIpc) is 2.49. The van der Waals surface area contributed by atoms with E-state index in [1.807, 2.05) is 11.8 Å². The Balaban J connectivity index is 1.68. The van der Waals surface area contributed by atoms with Gasteiger partial charge in [0, 0.05) is 18.3 Å². The molecule has 2 amide bonds. The SMILES string of the molecule is O=C(NCCc1ccc(C(=O)O)cc1)NC1CCCSC1. The van der Waals surface area contributed by atoms with Crippen LogP contribution in [-0.2, 0) is 6.42 Å². The number of benzene rings is 1.